The minimum Gasteiger partial charge on any atom is -0.375 e. The number of aromatic nitrogens is 1. The van der Waals surface area contributed by atoms with Gasteiger partial charge in [-0.3, -0.25) is 14.5 Å². The van der Waals surface area contributed by atoms with Crippen LogP contribution < -0.4 is 11.1 Å². The van der Waals surface area contributed by atoms with E-state index in [1.807, 2.05) is 23.6 Å². The van der Waals surface area contributed by atoms with Crippen LogP contribution in [-0.2, 0) is 22.6 Å². The Morgan fingerprint density at radius 2 is 2.07 bits per heavy atom. The van der Waals surface area contributed by atoms with Crippen molar-refractivity contribution in [3.05, 3.63) is 47.0 Å². The third-order valence-corrected chi connectivity index (χ3v) is 5.51. The lowest BCUT2D eigenvalue weighted by Gasteiger charge is -2.40. The summed E-state index contributed by atoms with van der Waals surface area (Å²) in [5, 5.41) is 5.13. The van der Waals surface area contributed by atoms with Crippen LogP contribution >= 0.6 is 11.3 Å². The van der Waals surface area contributed by atoms with Crippen LogP contribution in [-0.4, -0.2) is 59.3 Å². The quantitative estimate of drug-likeness (QED) is 0.775. The van der Waals surface area contributed by atoms with Crippen molar-refractivity contribution in [1.82, 2.24) is 20.1 Å². The van der Waals surface area contributed by atoms with E-state index in [0.717, 1.165) is 11.3 Å². The average Bonchev–Trinajstić information content (AvgIpc) is 3.12. The molecule has 0 spiro atoms. The van der Waals surface area contributed by atoms with Gasteiger partial charge in [0, 0.05) is 45.0 Å². The number of piperazine rings is 1. The number of benzene rings is 1. The molecule has 1 atom stereocenters. The third kappa shape index (κ3) is 5.05. The zero-order chi connectivity index (χ0) is 19.2. The number of aryl methyl sites for hydroxylation is 1. The molecule has 1 aliphatic rings. The number of hydrogen-bond donors (Lipinski definition) is 2. The summed E-state index contributed by atoms with van der Waals surface area (Å²) in [5.41, 5.74) is 7.64. The molecule has 0 unspecified atom stereocenters. The summed E-state index contributed by atoms with van der Waals surface area (Å²) in [6, 6.07) is 9.73. The summed E-state index contributed by atoms with van der Waals surface area (Å²) in [6.45, 7) is 2.39. The first kappa shape index (κ1) is 19.3. The van der Waals surface area contributed by atoms with Gasteiger partial charge in [-0.1, -0.05) is 30.3 Å². The molecule has 0 radical (unpaired) electrons. The Bertz CT molecular complexity index is 779. The molecule has 2 heterocycles. The number of hydrogen-bond acceptors (Lipinski definition) is 6. The first-order valence-corrected chi connectivity index (χ1v) is 9.92. The molecule has 0 aliphatic carbocycles. The third-order valence-electron chi connectivity index (χ3n) is 4.79. The van der Waals surface area contributed by atoms with E-state index >= 15 is 0 Å². The van der Waals surface area contributed by atoms with Crippen LogP contribution in [0.4, 0.5) is 5.13 Å². The predicted molar refractivity (Wildman–Crippen MR) is 106 cm³/mol. The van der Waals surface area contributed by atoms with Crippen molar-refractivity contribution in [3.63, 3.8) is 0 Å². The molecule has 2 aromatic rings. The summed E-state index contributed by atoms with van der Waals surface area (Å²) < 4.78 is 0. The maximum absolute atomic E-state index is 12.6. The zero-order valence-electron chi connectivity index (χ0n) is 15.4. The molecule has 1 aliphatic heterocycles. The van der Waals surface area contributed by atoms with Crippen molar-refractivity contribution in [2.75, 3.05) is 32.4 Å². The molecule has 144 valence electrons. The van der Waals surface area contributed by atoms with E-state index in [0.29, 0.717) is 44.2 Å². The van der Waals surface area contributed by atoms with Crippen molar-refractivity contribution < 1.29 is 9.59 Å². The average molecular weight is 388 g/mol. The number of rotatable bonds is 6. The van der Waals surface area contributed by atoms with Gasteiger partial charge in [-0.05, 0) is 12.0 Å². The van der Waals surface area contributed by atoms with Gasteiger partial charge in [-0.2, -0.15) is 0 Å². The fourth-order valence-electron chi connectivity index (χ4n) is 3.30. The number of nitrogen functional groups attached to an aromatic ring is 1. The van der Waals surface area contributed by atoms with Gasteiger partial charge in [-0.25, -0.2) is 4.98 Å². The van der Waals surface area contributed by atoms with Crippen LogP contribution in [0.3, 0.4) is 0 Å². The predicted octanol–water partition coefficient (Wildman–Crippen LogP) is 1.12. The summed E-state index contributed by atoms with van der Waals surface area (Å²) in [6.07, 6.45) is 0.948. The molecule has 3 N–H and O–H groups in total. The van der Waals surface area contributed by atoms with Gasteiger partial charge in [0.25, 0.3) is 0 Å². The van der Waals surface area contributed by atoms with Gasteiger partial charge >= 0.3 is 0 Å². The fraction of sp³-hybridized carbons (Fsp3) is 0.421. The topological polar surface area (TPSA) is 91.6 Å². The highest BCUT2D eigenvalue weighted by Crippen LogP contribution is 2.17. The highest BCUT2D eigenvalue weighted by Gasteiger charge is 2.33. The highest BCUT2D eigenvalue weighted by molar-refractivity contribution is 7.13. The minimum atomic E-state index is -0.345. The molecule has 0 saturated carbocycles. The molecule has 2 amide bonds. The Kier molecular flexibility index (Phi) is 6.41. The molecular weight excluding hydrogens is 362 g/mol. The van der Waals surface area contributed by atoms with Crippen LogP contribution in [0.2, 0.25) is 0 Å². The Balaban J connectivity index is 1.61. The normalized spacial score (nSPS) is 17.7. The lowest BCUT2D eigenvalue weighted by molar-refractivity contribution is -0.138. The summed E-state index contributed by atoms with van der Waals surface area (Å²) in [5.74, 6) is -0.00876. The van der Waals surface area contributed by atoms with Gasteiger partial charge in [0.1, 0.15) is 6.04 Å². The Morgan fingerprint density at radius 1 is 1.30 bits per heavy atom. The SMILES string of the molecule is CNC(=O)[C@H]1CN(C(=O)CCc2csc(N)n2)CCN1Cc1ccccc1. The Labute approximate surface area is 163 Å². The van der Waals surface area contributed by atoms with E-state index in [9.17, 15) is 9.59 Å². The number of anilines is 1. The van der Waals surface area contributed by atoms with Crippen molar-refractivity contribution in [2.45, 2.75) is 25.4 Å². The fourth-order valence-corrected chi connectivity index (χ4v) is 3.90. The first-order chi connectivity index (χ1) is 13.1. The number of nitrogens with two attached hydrogens (primary N) is 1. The molecule has 1 aromatic heterocycles. The molecule has 27 heavy (non-hydrogen) atoms. The second kappa shape index (κ2) is 8.96. The van der Waals surface area contributed by atoms with E-state index in [2.05, 4.69) is 27.3 Å². The highest BCUT2D eigenvalue weighted by atomic mass is 32.1. The molecule has 7 nitrogen and oxygen atoms in total. The van der Waals surface area contributed by atoms with Crippen molar-refractivity contribution in [1.29, 1.82) is 0 Å². The maximum Gasteiger partial charge on any atom is 0.238 e. The number of thiazole rings is 1. The standard InChI is InChI=1S/C19H25N5O2S/c1-21-18(26)16-12-24(17(25)8-7-15-13-27-19(20)22-15)10-9-23(16)11-14-5-3-2-4-6-14/h2-6,13,16H,7-12H2,1H3,(H2,20,22)(H,21,26)/t16-/m1/s1. The van der Waals surface area contributed by atoms with E-state index in [4.69, 9.17) is 5.73 Å². The number of nitrogens with zero attached hydrogens (tertiary/aromatic N) is 3. The Hall–Kier alpha value is -2.45. The van der Waals surface area contributed by atoms with Crippen molar-refractivity contribution in [3.8, 4) is 0 Å². The van der Waals surface area contributed by atoms with Crippen LogP contribution in [0.5, 0.6) is 0 Å². The lowest BCUT2D eigenvalue weighted by atomic mass is 10.1. The number of carbonyl (C=O) groups excluding carboxylic acids is 2. The number of carbonyl (C=O) groups is 2. The lowest BCUT2D eigenvalue weighted by Crippen LogP contribution is -2.59. The summed E-state index contributed by atoms with van der Waals surface area (Å²) in [4.78, 5) is 33.1. The minimum absolute atomic E-state index is 0.0508. The summed E-state index contributed by atoms with van der Waals surface area (Å²) in [7, 11) is 1.64. The Morgan fingerprint density at radius 3 is 2.74 bits per heavy atom. The molecule has 8 heteroatoms. The van der Waals surface area contributed by atoms with Gasteiger partial charge in [0.05, 0.1) is 5.69 Å². The van der Waals surface area contributed by atoms with Crippen molar-refractivity contribution in [2.24, 2.45) is 0 Å². The van der Waals surface area contributed by atoms with E-state index in [-0.39, 0.29) is 17.9 Å². The number of amides is 2. The molecule has 1 fully saturated rings. The van der Waals surface area contributed by atoms with Gasteiger partial charge in [-0.15, -0.1) is 11.3 Å². The van der Waals surface area contributed by atoms with Gasteiger partial charge in [0.2, 0.25) is 11.8 Å². The molecule has 0 bridgehead atoms. The second-order valence-electron chi connectivity index (χ2n) is 6.60. The second-order valence-corrected chi connectivity index (χ2v) is 7.49. The molecule has 3 rings (SSSR count). The summed E-state index contributed by atoms with van der Waals surface area (Å²) >= 11 is 1.38. The van der Waals surface area contributed by atoms with Gasteiger partial charge < -0.3 is 16.0 Å². The van der Waals surface area contributed by atoms with Crippen LogP contribution in [0.1, 0.15) is 17.7 Å². The smallest absolute Gasteiger partial charge is 0.238 e. The molecule has 1 aromatic carbocycles. The molecule has 1 saturated heterocycles. The van der Waals surface area contributed by atoms with E-state index in [1.54, 1.807) is 11.9 Å². The molecular formula is C19H25N5O2S. The monoisotopic (exact) mass is 387 g/mol. The van der Waals surface area contributed by atoms with Gasteiger partial charge in [0.15, 0.2) is 5.13 Å². The van der Waals surface area contributed by atoms with E-state index in [1.165, 1.54) is 11.3 Å². The van der Waals surface area contributed by atoms with Crippen LogP contribution in [0.25, 0.3) is 0 Å². The first-order valence-electron chi connectivity index (χ1n) is 9.04. The van der Waals surface area contributed by atoms with Crippen LogP contribution in [0, 0.1) is 0 Å². The number of nitrogens with one attached hydrogen (secondary N) is 1. The number of likely N-dealkylation sites (N-methyl/N-ethyl adjacent to an activating group) is 1. The largest absolute Gasteiger partial charge is 0.375 e. The maximum atomic E-state index is 12.6. The van der Waals surface area contributed by atoms with Crippen LogP contribution in [0.15, 0.2) is 35.7 Å². The van der Waals surface area contributed by atoms with E-state index < -0.39 is 0 Å². The zero-order valence-corrected chi connectivity index (χ0v) is 16.2. The van der Waals surface area contributed by atoms with Crippen molar-refractivity contribution >= 4 is 28.3 Å².